The molecule has 1 atom stereocenters. The molecule has 2 fully saturated rings. The van der Waals surface area contributed by atoms with Crippen LogP contribution in [0.25, 0.3) is 5.52 Å². The van der Waals surface area contributed by atoms with Crippen LogP contribution in [0.3, 0.4) is 0 Å². The zero-order valence-corrected chi connectivity index (χ0v) is 14.1. The van der Waals surface area contributed by atoms with Crippen LogP contribution in [-0.4, -0.2) is 45.1 Å². The first kappa shape index (κ1) is 17.2. The Kier molecular flexibility index (Phi) is 5.68. The maximum Gasteiger partial charge on any atom is 0.320 e. The number of nitrogens with two attached hydrogens (primary N) is 1. The average Bonchev–Trinajstić information content (AvgIpc) is 3.18. The lowest BCUT2D eigenvalue weighted by atomic mass is 10.2. The number of fused-ring (bicyclic) bond motifs is 1. The quantitative estimate of drug-likeness (QED) is 0.889. The number of imidazole rings is 1. The summed E-state index contributed by atoms with van der Waals surface area (Å²) in [5.41, 5.74) is 6.15. The van der Waals surface area contributed by atoms with Crippen molar-refractivity contribution < 1.29 is 13.9 Å². The van der Waals surface area contributed by atoms with Gasteiger partial charge in [0.15, 0.2) is 5.15 Å². The second-order valence-electron chi connectivity index (χ2n) is 5.94. The van der Waals surface area contributed by atoms with Crippen LogP contribution < -0.4 is 10.5 Å². The van der Waals surface area contributed by atoms with Crippen LogP contribution in [0.2, 0.25) is 5.15 Å². The van der Waals surface area contributed by atoms with Crippen molar-refractivity contribution in [1.29, 1.82) is 0 Å². The third-order valence-corrected chi connectivity index (χ3v) is 4.29. The largest absolute Gasteiger partial charge is 0.460 e. The molecule has 1 saturated carbocycles. The maximum atomic E-state index is 12.1. The van der Waals surface area contributed by atoms with Gasteiger partial charge in [-0.3, -0.25) is 0 Å². The van der Waals surface area contributed by atoms with Crippen LogP contribution in [-0.2, 0) is 4.74 Å². The molecule has 0 aromatic carbocycles. The summed E-state index contributed by atoms with van der Waals surface area (Å²) in [5, 5.41) is 4.38. The van der Waals surface area contributed by atoms with Crippen molar-refractivity contribution in [2.45, 2.75) is 50.8 Å². The van der Waals surface area contributed by atoms with Gasteiger partial charge in [-0.25, -0.2) is 9.37 Å². The average molecular weight is 358 g/mol. The van der Waals surface area contributed by atoms with Gasteiger partial charge in [0.1, 0.15) is 17.8 Å². The van der Waals surface area contributed by atoms with Crippen LogP contribution in [0.4, 0.5) is 10.3 Å². The predicted molar refractivity (Wildman–Crippen MR) is 88.0 cm³/mol. The second kappa shape index (κ2) is 7.94. The Balaban J connectivity index is 0.000000203. The molecule has 24 heavy (non-hydrogen) atoms. The standard InChI is InChI=1S/C10H12ClN5O.C5H9FO/c11-8-7-5-13-9(12)15-16(7)10(14-8)17-6-3-1-2-4-6;6-5-2-1-3-7-4-5/h5-6H,1-4H2,(H2,12,15);5H,1-4H2. The molecule has 1 saturated heterocycles. The molecule has 0 radical (unpaired) electrons. The van der Waals surface area contributed by atoms with Gasteiger partial charge in [0.05, 0.1) is 12.8 Å². The zero-order chi connectivity index (χ0) is 16.9. The summed E-state index contributed by atoms with van der Waals surface area (Å²) < 4.78 is 24.2. The number of anilines is 1. The third-order valence-electron chi connectivity index (χ3n) is 4.02. The van der Waals surface area contributed by atoms with Gasteiger partial charge in [-0.1, -0.05) is 11.6 Å². The van der Waals surface area contributed by atoms with E-state index in [1.807, 2.05) is 0 Å². The zero-order valence-electron chi connectivity index (χ0n) is 13.3. The van der Waals surface area contributed by atoms with Crippen LogP contribution in [0, 0.1) is 0 Å². The molecule has 7 nitrogen and oxygen atoms in total. The van der Waals surface area contributed by atoms with Gasteiger partial charge in [0.25, 0.3) is 0 Å². The molecule has 1 aliphatic heterocycles. The molecule has 3 heterocycles. The van der Waals surface area contributed by atoms with Gasteiger partial charge in [-0.05, 0) is 38.5 Å². The fraction of sp³-hybridized carbons (Fsp3) is 0.667. The molecule has 2 N–H and O–H groups in total. The highest BCUT2D eigenvalue weighted by Gasteiger charge is 2.20. The first-order valence-corrected chi connectivity index (χ1v) is 8.56. The number of ether oxygens (including phenoxy) is 2. The van der Waals surface area contributed by atoms with Gasteiger partial charge in [0, 0.05) is 6.61 Å². The molecule has 9 heteroatoms. The van der Waals surface area contributed by atoms with E-state index in [4.69, 9.17) is 26.8 Å². The highest BCUT2D eigenvalue weighted by Crippen LogP contribution is 2.26. The summed E-state index contributed by atoms with van der Waals surface area (Å²) in [6.45, 7) is 1.07. The monoisotopic (exact) mass is 357 g/mol. The first-order chi connectivity index (χ1) is 11.6. The van der Waals surface area contributed by atoms with Crippen molar-refractivity contribution in [3.05, 3.63) is 11.3 Å². The van der Waals surface area contributed by atoms with E-state index in [1.165, 1.54) is 17.4 Å². The van der Waals surface area contributed by atoms with Crippen molar-refractivity contribution in [3.63, 3.8) is 0 Å². The number of aromatic nitrogens is 4. The van der Waals surface area contributed by atoms with E-state index >= 15 is 0 Å². The van der Waals surface area contributed by atoms with E-state index in [-0.39, 0.29) is 12.1 Å². The minimum Gasteiger partial charge on any atom is -0.460 e. The molecule has 2 aliphatic rings. The number of nitrogens with zero attached hydrogens (tertiary/aromatic N) is 4. The molecule has 1 unspecified atom stereocenters. The molecule has 0 amide bonds. The Labute approximate surface area is 144 Å². The molecule has 1 aliphatic carbocycles. The number of hydrogen-bond acceptors (Lipinski definition) is 6. The van der Waals surface area contributed by atoms with Gasteiger partial charge in [-0.2, -0.15) is 9.50 Å². The number of halogens is 2. The SMILES string of the molecule is FC1CCCOC1.Nc1ncc2c(Cl)nc(OC3CCCC3)n2n1. The highest BCUT2D eigenvalue weighted by molar-refractivity contribution is 6.32. The summed E-state index contributed by atoms with van der Waals surface area (Å²) in [6, 6.07) is 0.394. The second-order valence-corrected chi connectivity index (χ2v) is 6.30. The lowest BCUT2D eigenvalue weighted by molar-refractivity contribution is 0.0366. The Morgan fingerprint density at radius 1 is 1.29 bits per heavy atom. The smallest absolute Gasteiger partial charge is 0.320 e. The maximum absolute atomic E-state index is 12.1. The van der Waals surface area contributed by atoms with Crippen molar-refractivity contribution in [1.82, 2.24) is 19.6 Å². The number of alkyl halides is 1. The summed E-state index contributed by atoms with van der Waals surface area (Å²) in [7, 11) is 0. The number of hydrogen-bond donors (Lipinski definition) is 1. The van der Waals surface area contributed by atoms with Crippen LogP contribution in [0.5, 0.6) is 6.01 Å². The lowest BCUT2D eigenvalue weighted by Gasteiger charge is -2.13. The van der Waals surface area contributed by atoms with Gasteiger partial charge in [0.2, 0.25) is 5.95 Å². The third kappa shape index (κ3) is 4.24. The van der Waals surface area contributed by atoms with E-state index in [1.54, 1.807) is 6.20 Å². The van der Waals surface area contributed by atoms with E-state index in [0.29, 0.717) is 29.7 Å². The number of nitrogen functional groups attached to an aromatic ring is 1. The summed E-state index contributed by atoms with van der Waals surface area (Å²) in [6.07, 6.45) is 7.12. The summed E-state index contributed by atoms with van der Waals surface area (Å²) in [5.74, 6) is 0.169. The van der Waals surface area contributed by atoms with Crippen molar-refractivity contribution >= 4 is 23.1 Å². The minimum atomic E-state index is -0.686. The van der Waals surface area contributed by atoms with Gasteiger partial charge < -0.3 is 15.2 Å². The van der Waals surface area contributed by atoms with Crippen molar-refractivity contribution in [3.8, 4) is 6.01 Å². The fourth-order valence-electron chi connectivity index (χ4n) is 2.77. The Morgan fingerprint density at radius 3 is 2.71 bits per heavy atom. The van der Waals surface area contributed by atoms with Crippen LogP contribution in [0.1, 0.15) is 38.5 Å². The molecule has 2 aromatic rings. The van der Waals surface area contributed by atoms with E-state index < -0.39 is 6.17 Å². The molecule has 0 spiro atoms. The molecule has 2 aromatic heterocycles. The Morgan fingerprint density at radius 2 is 2.08 bits per heavy atom. The predicted octanol–water partition coefficient (Wildman–Crippen LogP) is 2.82. The fourth-order valence-corrected chi connectivity index (χ4v) is 2.97. The van der Waals surface area contributed by atoms with Crippen molar-refractivity contribution in [2.24, 2.45) is 0 Å². The van der Waals surface area contributed by atoms with E-state index in [9.17, 15) is 4.39 Å². The van der Waals surface area contributed by atoms with Gasteiger partial charge >= 0.3 is 6.01 Å². The topological polar surface area (TPSA) is 87.6 Å². The molecule has 4 rings (SSSR count). The lowest BCUT2D eigenvalue weighted by Crippen LogP contribution is -2.17. The molecule has 0 bridgehead atoms. The molecule has 132 valence electrons. The number of rotatable bonds is 2. The molecular formula is C15H21ClFN5O2. The van der Waals surface area contributed by atoms with Crippen LogP contribution >= 0.6 is 11.6 Å². The first-order valence-electron chi connectivity index (χ1n) is 8.18. The summed E-state index contributed by atoms with van der Waals surface area (Å²) in [4.78, 5) is 8.02. The van der Waals surface area contributed by atoms with E-state index in [0.717, 1.165) is 25.9 Å². The van der Waals surface area contributed by atoms with Crippen LogP contribution in [0.15, 0.2) is 6.20 Å². The van der Waals surface area contributed by atoms with Crippen molar-refractivity contribution in [2.75, 3.05) is 18.9 Å². The minimum absolute atomic E-state index is 0.169. The summed E-state index contributed by atoms with van der Waals surface area (Å²) >= 11 is 5.98. The Bertz CT molecular complexity index is 671. The molecular weight excluding hydrogens is 337 g/mol. The highest BCUT2D eigenvalue weighted by atomic mass is 35.5. The normalized spacial score (nSPS) is 21.5. The van der Waals surface area contributed by atoms with E-state index in [2.05, 4.69) is 15.1 Å². The Hall–Kier alpha value is -1.67. The van der Waals surface area contributed by atoms with Gasteiger partial charge in [-0.15, -0.1) is 5.10 Å².